The van der Waals surface area contributed by atoms with E-state index in [-0.39, 0.29) is 11.7 Å². The molecule has 4 heteroatoms. The van der Waals surface area contributed by atoms with E-state index in [1.54, 1.807) is 12.1 Å². The van der Waals surface area contributed by atoms with Crippen LogP contribution in [0.2, 0.25) is 0 Å². The molecule has 1 aromatic rings. The van der Waals surface area contributed by atoms with Crippen LogP contribution in [0.25, 0.3) is 0 Å². The first kappa shape index (κ1) is 13.9. The molecule has 1 aliphatic heterocycles. The zero-order valence-electron chi connectivity index (χ0n) is 11.6. The van der Waals surface area contributed by atoms with Crippen LogP contribution in [0.4, 0.5) is 0 Å². The maximum atomic E-state index is 12.1. The number of hydrogen-bond donors (Lipinski definition) is 2. The summed E-state index contributed by atoms with van der Waals surface area (Å²) >= 11 is 0. The number of rotatable bonds is 4. The molecule has 104 valence electrons. The van der Waals surface area contributed by atoms with E-state index in [2.05, 4.69) is 19.2 Å². The number of carbonyl (C=O) groups is 1. The Morgan fingerprint density at radius 1 is 1.47 bits per heavy atom. The predicted molar refractivity (Wildman–Crippen MR) is 75.0 cm³/mol. The Bertz CT molecular complexity index is 459. The van der Waals surface area contributed by atoms with Gasteiger partial charge in [-0.15, -0.1) is 0 Å². The number of fused-ring (bicyclic) bond motifs is 1. The van der Waals surface area contributed by atoms with Crippen molar-refractivity contribution >= 4 is 5.91 Å². The van der Waals surface area contributed by atoms with Crippen LogP contribution in [-0.2, 0) is 17.8 Å². The highest BCUT2D eigenvalue weighted by Crippen LogP contribution is 2.22. The largest absolute Gasteiger partial charge is 0.508 e. The molecule has 4 nitrogen and oxygen atoms in total. The molecule has 1 unspecified atom stereocenters. The minimum absolute atomic E-state index is 0.134. The van der Waals surface area contributed by atoms with Crippen molar-refractivity contribution in [2.24, 2.45) is 0 Å². The monoisotopic (exact) mass is 262 g/mol. The fourth-order valence-electron chi connectivity index (χ4n) is 2.27. The molecule has 1 aliphatic rings. The number of nitrogens with zero attached hydrogens (tertiary/aromatic N) is 1. The summed E-state index contributed by atoms with van der Waals surface area (Å²) in [5.74, 6) is 0.403. The van der Waals surface area contributed by atoms with Crippen molar-refractivity contribution in [3.8, 4) is 5.75 Å². The summed E-state index contributed by atoms with van der Waals surface area (Å²) in [5.41, 5.74) is 2.29. The number of aromatic hydroxyl groups is 1. The summed E-state index contributed by atoms with van der Waals surface area (Å²) in [4.78, 5) is 14.0. The smallest absolute Gasteiger partial charge is 0.236 e. The second-order valence-electron chi connectivity index (χ2n) is 5.21. The number of phenolic OH excluding ortho intramolecular Hbond substituents is 1. The van der Waals surface area contributed by atoms with Crippen LogP contribution in [0.5, 0.6) is 5.75 Å². The zero-order valence-corrected chi connectivity index (χ0v) is 11.6. The van der Waals surface area contributed by atoms with Gasteiger partial charge < -0.3 is 15.3 Å². The summed E-state index contributed by atoms with van der Waals surface area (Å²) < 4.78 is 0. The summed E-state index contributed by atoms with van der Waals surface area (Å²) in [6.07, 6.45) is 1.88. The first-order valence-electron chi connectivity index (χ1n) is 6.92. The molecular weight excluding hydrogens is 240 g/mol. The van der Waals surface area contributed by atoms with E-state index >= 15 is 0 Å². The maximum Gasteiger partial charge on any atom is 0.236 e. The van der Waals surface area contributed by atoms with Gasteiger partial charge in [0, 0.05) is 19.1 Å². The molecule has 0 bridgehead atoms. The second-order valence-corrected chi connectivity index (χ2v) is 5.21. The predicted octanol–water partition coefficient (Wildman–Crippen LogP) is 1.66. The number of hydrogen-bond acceptors (Lipinski definition) is 3. The molecule has 1 atom stereocenters. The summed E-state index contributed by atoms with van der Waals surface area (Å²) in [6.45, 7) is 5.94. The zero-order chi connectivity index (χ0) is 13.8. The van der Waals surface area contributed by atoms with E-state index in [1.807, 2.05) is 11.0 Å². The normalized spacial score (nSPS) is 16.0. The van der Waals surface area contributed by atoms with E-state index in [0.717, 1.165) is 24.9 Å². The first-order chi connectivity index (χ1) is 9.10. The Balaban J connectivity index is 1.95. The molecule has 1 aromatic carbocycles. The third kappa shape index (κ3) is 3.47. The molecule has 19 heavy (non-hydrogen) atoms. The van der Waals surface area contributed by atoms with Gasteiger partial charge in [-0.25, -0.2) is 0 Å². The summed E-state index contributed by atoms with van der Waals surface area (Å²) in [7, 11) is 0. The highest BCUT2D eigenvalue weighted by molar-refractivity contribution is 5.78. The number of amides is 1. The molecule has 1 heterocycles. The standard InChI is InChI=1S/C15H22N2O2/c1-3-11(2)16-9-15(19)17-7-6-12-4-5-14(18)8-13(12)10-17/h4-5,8,11,16,18H,3,6-7,9-10H2,1-2H3. The molecule has 0 saturated carbocycles. The van der Waals surface area contributed by atoms with Gasteiger partial charge in [0.05, 0.1) is 6.54 Å². The van der Waals surface area contributed by atoms with Crippen molar-refractivity contribution in [2.45, 2.75) is 39.3 Å². The van der Waals surface area contributed by atoms with Crippen molar-refractivity contribution < 1.29 is 9.90 Å². The number of nitrogens with one attached hydrogen (secondary N) is 1. The Hall–Kier alpha value is -1.55. The van der Waals surface area contributed by atoms with Gasteiger partial charge in [-0.2, -0.15) is 0 Å². The summed E-state index contributed by atoms with van der Waals surface area (Å²) in [6, 6.07) is 5.78. The molecule has 0 fully saturated rings. The average molecular weight is 262 g/mol. The van der Waals surface area contributed by atoms with Crippen LogP contribution < -0.4 is 5.32 Å². The average Bonchev–Trinajstić information content (AvgIpc) is 2.43. The number of carbonyl (C=O) groups excluding carboxylic acids is 1. The van der Waals surface area contributed by atoms with Gasteiger partial charge >= 0.3 is 0 Å². The Morgan fingerprint density at radius 3 is 3.00 bits per heavy atom. The van der Waals surface area contributed by atoms with E-state index in [1.165, 1.54) is 5.56 Å². The third-order valence-electron chi connectivity index (χ3n) is 3.77. The number of benzene rings is 1. The second kappa shape index (κ2) is 6.06. The van der Waals surface area contributed by atoms with Crippen LogP contribution in [0.15, 0.2) is 18.2 Å². The van der Waals surface area contributed by atoms with Gasteiger partial charge in [0.25, 0.3) is 0 Å². The molecular formula is C15H22N2O2. The van der Waals surface area contributed by atoms with Crippen LogP contribution in [0.1, 0.15) is 31.4 Å². The van der Waals surface area contributed by atoms with Crippen molar-refractivity contribution in [3.05, 3.63) is 29.3 Å². The van der Waals surface area contributed by atoms with E-state index < -0.39 is 0 Å². The Kier molecular flexibility index (Phi) is 4.43. The van der Waals surface area contributed by atoms with E-state index in [4.69, 9.17) is 0 Å². The van der Waals surface area contributed by atoms with E-state index in [0.29, 0.717) is 19.1 Å². The van der Waals surface area contributed by atoms with Crippen molar-refractivity contribution in [3.63, 3.8) is 0 Å². The van der Waals surface area contributed by atoms with Crippen molar-refractivity contribution in [1.82, 2.24) is 10.2 Å². The molecule has 0 aliphatic carbocycles. The van der Waals surface area contributed by atoms with Gasteiger partial charge in [-0.3, -0.25) is 4.79 Å². The van der Waals surface area contributed by atoms with Crippen molar-refractivity contribution in [1.29, 1.82) is 0 Å². The third-order valence-corrected chi connectivity index (χ3v) is 3.77. The van der Waals surface area contributed by atoms with Crippen LogP contribution in [0.3, 0.4) is 0 Å². The lowest BCUT2D eigenvalue weighted by Crippen LogP contribution is -2.43. The fraction of sp³-hybridized carbons (Fsp3) is 0.533. The van der Waals surface area contributed by atoms with E-state index in [9.17, 15) is 9.90 Å². The highest BCUT2D eigenvalue weighted by atomic mass is 16.3. The Morgan fingerprint density at radius 2 is 2.26 bits per heavy atom. The maximum absolute atomic E-state index is 12.1. The minimum atomic E-state index is 0.134. The lowest BCUT2D eigenvalue weighted by atomic mass is 9.99. The number of phenols is 1. The minimum Gasteiger partial charge on any atom is -0.508 e. The quantitative estimate of drug-likeness (QED) is 0.868. The molecule has 1 amide bonds. The first-order valence-corrected chi connectivity index (χ1v) is 6.92. The van der Waals surface area contributed by atoms with Gasteiger partial charge in [0.1, 0.15) is 5.75 Å². The molecule has 2 rings (SSSR count). The molecule has 0 saturated heterocycles. The lowest BCUT2D eigenvalue weighted by Gasteiger charge is -2.29. The van der Waals surface area contributed by atoms with Crippen LogP contribution in [-0.4, -0.2) is 35.0 Å². The SMILES string of the molecule is CCC(C)NCC(=O)N1CCc2ccc(O)cc2C1. The fourth-order valence-corrected chi connectivity index (χ4v) is 2.27. The van der Waals surface area contributed by atoms with Crippen LogP contribution >= 0.6 is 0 Å². The van der Waals surface area contributed by atoms with Gasteiger partial charge in [0.15, 0.2) is 0 Å². The molecule has 0 spiro atoms. The van der Waals surface area contributed by atoms with Crippen LogP contribution in [0, 0.1) is 0 Å². The Labute approximate surface area is 114 Å². The van der Waals surface area contributed by atoms with Gasteiger partial charge in [-0.1, -0.05) is 13.0 Å². The lowest BCUT2D eigenvalue weighted by molar-refractivity contribution is -0.131. The van der Waals surface area contributed by atoms with Gasteiger partial charge in [0.2, 0.25) is 5.91 Å². The van der Waals surface area contributed by atoms with Crippen molar-refractivity contribution in [2.75, 3.05) is 13.1 Å². The van der Waals surface area contributed by atoms with Gasteiger partial charge in [-0.05, 0) is 43.0 Å². The highest BCUT2D eigenvalue weighted by Gasteiger charge is 2.20. The molecule has 0 radical (unpaired) electrons. The molecule has 2 N–H and O–H groups in total. The molecule has 0 aromatic heterocycles. The topological polar surface area (TPSA) is 52.6 Å². The summed E-state index contributed by atoms with van der Waals surface area (Å²) in [5, 5.41) is 12.7.